The third-order valence-electron chi connectivity index (χ3n) is 9.69. The summed E-state index contributed by atoms with van der Waals surface area (Å²) >= 11 is 0. The largest absolute Gasteiger partial charge is 0.365 e. The molecule has 4 saturated carbocycles. The monoisotopic (exact) mass is 336 g/mol. The van der Waals surface area contributed by atoms with Crippen molar-refractivity contribution >= 4 is 0 Å². The highest BCUT2D eigenvalue weighted by Gasteiger charge is 2.76. The summed E-state index contributed by atoms with van der Waals surface area (Å²) in [6.45, 7) is 7.56. The van der Waals surface area contributed by atoms with Crippen LogP contribution >= 0.6 is 0 Å². The molecule has 0 radical (unpaired) electrons. The quantitative estimate of drug-likeness (QED) is 0.455. The zero-order chi connectivity index (χ0) is 16.7. The highest BCUT2D eigenvalue weighted by molar-refractivity contribution is 5.24. The molecule has 4 aliphatic carbocycles. The van der Waals surface area contributed by atoms with E-state index in [1.54, 1.807) is 0 Å². The van der Waals surface area contributed by atoms with Crippen molar-refractivity contribution < 1.29 is 19.9 Å². The summed E-state index contributed by atoms with van der Waals surface area (Å²) in [6, 6.07) is 0. The standard InChI is InChI=1S/C20H32O4/c1-12-4-5-15-14-10-17-20(22-17)11-13(23-24-21)6-9-19(20,3)16(14)7-8-18(12,15)2/h12-17,21H,4-11H2,1-3H3/t12-,13-,14?,15?,16?,17?,18+,19+,20+/m0/s1. The van der Waals surface area contributed by atoms with Crippen LogP contribution in [0.2, 0.25) is 0 Å². The van der Waals surface area contributed by atoms with Crippen molar-refractivity contribution in [3.63, 3.8) is 0 Å². The zero-order valence-corrected chi connectivity index (χ0v) is 15.3. The van der Waals surface area contributed by atoms with Gasteiger partial charge in [0.15, 0.2) is 0 Å². The number of ether oxygens (including phenoxy) is 1. The Morgan fingerprint density at radius 3 is 2.67 bits per heavy atom. The maximum Gasteiger partial charge on any atom is 0.103 e. The zero-order valence-electron chi connectivity index (χ0n) is 15.3. The number of epoxide rings is 1. The first kappa shape index (κ1) is 16.0. The maximum absolute atomic E-state index is 8.66. The molecular formula is C20H32O4. The van der Waals surface area contributed by atoms with Gasteiger partial charge in [0.2, 0.25) is 0 Å². The van der Waals surface area contributed by atoms with Gasteiger partial charge in [-0.05, 0) is 74.0 Å². The molecule has 5 rings (SSSR count). The number of fused-ring (bicyclic) bond motifs is 4. The minimum Gasteiger partial charge on any atom is -0.365 e. The van der Waals surface area contributed by atoms with Crippen LogP contribution in [0.15, 0.2) is 0 Å². The van der Waals surface area contributed by atoms with E-state index < -0.39 is 0 Å². The summed E-state index contributed by atoms with van der Waals surface area (Å²) in [5.74, 6) is 3.44. The normalized spacial score (nSPS) is 61.5. The van der Waals surface area contributed by atoms with Crippen molar-refractivity contribution in [2.75, 3.05) is 0 Å². The van der Waals surface area contributed by atoms with Gasteiger partial charge in [-0.1, -0.05) is 25.8 Å². The Morgan fingerprint density at radius 2 is 1.88 bits per heavy atom. The maximum atomic E-state index is 8.66. The SMILES string of the molecule is C[C@H]1CCC2C3CC4O[C@]45C[C@@H](OOO)CC[C@]5(C)C3CC[C@@]21C. The fraction of sp³-hybridized carbons (Fsp3) is 1.00. The molecule has 0 bridgehead atoms. The van der Waals surface area contributed by atoms with Crippen LogP contribution in [0.4, 0.5) is 0 Å². The van der Waals surface area contributed by atoms with Crippen molar-refractivity contribution in [1.29, 1.82) is 0 Å². The lowest BCUT2D eigenvalue weighted by molar-refractivity contribution is -0.509. The number of rotatable bonds is 2. The molecule has 4 nitrogen and oxygen atoms in total. The summed E-state index contributed by atoms with van der Waals surface area (Å²) in [5.41, 5.74) is 0.841. The molecule has 136 valence electrons. The van der Waals surface area contributed by atoms with Gasteiger partial charge in [-0.3, -0.25) is 0 Å². The lowest BCUT2D eigenvalue weighted by atomic mass is 9.44. The predicted molar refractivity (Wildman–Crippen MR) is 89.0 cm³/mol. The van der Waals surface area contributed by atoms with Gasteiger partial charge in [0.1, 0.15) is 5.60 Å². The lowest BCUT2D eigenvalue weighted by Gasteiger charge is -2.59. The minimum absolute atomic E-state index is 0.00637. The van der Waals surface area contributed by atoms with Crippen LogP contribution in [-0.4, -0.2) is 23.1 Å². The molecule has 4 heteroatoms. The van der Waals surface area contributed by atoms with Gasteiger partial charge in [-0.15, -0.1) is 0 Å². The molecule has 1 saturated heterocycles. The van der Waals surface area contributed by atoms with E-state index in [0.717, 1.165) is 42.9 Å². The Bertz CT molecular complexity index is 538. The van der Waals surface area contributed by atoms with Crippen molar-refractivity contribution in [1.82, 2.24) is 0 Å². The van der Waals surface area contributed by atoms with Gasteiger partial charge in [0.25, 0.3) is 0 Å². The van der Waals surface area contributed by atoms with Gasteiger partial charge in [-0.2, -0.15) is 0 Å². The van der Waals surface area contributed by atoms with Crippen LogP contribution in [-0.2, 0) is 14.7 Å². The van der Waals surface area contributed by atoms with Crippen LogP contribution in [0.3, 0.4) is 0 Å². The van der Waals surface area contributed by atoms with Crippen molar-refractivity contribution in [3.8, 4) is 0 Å². The number of hydrogen-bond acceptors (Lipinski definition) is 4. The Balaban J connectivity index is 1.45. The second kappa shape index (κ2) is 4.97. The van der Waals surface area contributed by atoms with Crippen molar-refractivity contribution in [2.24, 2.45) is 34.5 Å². The molecule has 0 amide bonds. The summed E-state index contributed by atoms with van der Waals surface area (Å²) in [6.07, 6.45) is 10.2. The fourth-order valence-corrected chi connectivity index (χ4v) is 8.05. The first-order valence-electron chi connectivity index (χ1n) is 10.1. The van der Waals surface area contributed by atoms with Crippen LogP contribution < -0.4 is 0 Å². The van der Waals surface area contributed by atoms with Crippen molar-refractivity contribution in [2.45, 2.75) is 89.9 Å². The van der Waals surface area contributed by atoms with Gasteiger partial charge in [0, 0.05) is 11.8 Å². The molecule has 1 N–H and O–H groups in total. The molecule has 5 aliphatic rings. The molecular weight excluding hydrogens is 304 g/mol. The predicted octanol–water partition coefficient (Wildman–Crippen LogP) is 4.59. The summed E-state index contributed by atoms with van der Waals surface area (Å²) < 4.78 is 6.43. The molecule has 9 atom stereocenters. The van der Waals surface area contributed by atoms with Gasteiger partial charge in [-0.25, -0.2) is 10.1 Å². The first-order valence-corrected chi connectivity index (χ1v) is 10.1. The van der Waals surface area contributed by atoms with E-state index in [-0.39, 0.29) is 17.1 Å². The average Bonchev–Trinajstić information content (AvgIpc) is 3.16. The Morgan fingerprint density at radius 1 is 1.04 bits per heavy atom. The van der Waals surface area contributed by atoms with E-state index in [2.05, 4.69) is 25.8 Å². The molecule has 24 heavy (non-hydrogen) atoms. The summed E-state index contributed by atoms with van der Waals surface area (Å²) in [5, 5.41) is 12.6. The van der Waals surface area contributed by atoms with Crippen LogP contribution in [0.5, 0.6) is 0 Å². The lowest BCUT2D eigenvalue weighted by Crippen LogP contribution is -2.58. The van der Waals surface area contributed by atoms with Gasteiger partial charge in [0.05, 0.1) is 12.2 Å². The van der Waals surface area contributed by atoms with Gasteiger partial charge >= 0.3 is 0 Å². The average molecular weight is 336 g/mol. The Kier molecular flexibility index (Phi) is 3.32. The van der Waals surface area contributed by atoms with E-state index >= 15 is 0 Å². The molecule has 1 aliphatic heterocycles. The molecule has 5 fully saturated rings. The van der Waals surface area contributed by atoms with Gasteiger partial charge < -0.3 is 4.74 Å². The molecule has 0 aromatic carbocycles. The summed E-state index contributed by atoms with van der Waals surface area (Å²) in [7, 11) is 0. The molecule has 1 heterocycles. The molecule has 0 aromatic heterocycles. The van der Waals surface area contributed by atoms with E-state index in [1.807, 2.05) is 0 Å². The second-order valence-corrected chi connectivity index (χ2v) is 10.1. The topological polar surface area (TPSA) is 51.2 Å². The molecule has 1 spiro atoms. The molecule has 4 unspecified atom stereocenters. The fourth-order valence-electron chi connectivity index (χ4n) is 8.05. The molecule has 0 aromatic rings. The van der Waals surface area contributed by atoms with Crippen molar-refractivity contribution in [3.05, 3.63) is 0 Å². The van der Waals surface area contributed by atoms with Crippen LogP contribution in [0, 0.1) is 34.5 Å². The van der Waals surface area contributed by atoms with E-state index in [4.69, 9.17) is 14.9 Å². The smallest absolute Gasteiger partial charge is 0.103 e. The highest BCUT2D eigenvalue weighted by Crippen LogP contribution is 2.73. The van der Waals surface area contributed by atoms with Crippen LogP contribution in [0.25, 0.3) is 0 Å². The summed E-state index contributed by atoms with van der Waals surface area (Å²) in [4.78, 5) is 5.08. The Labute approximate surface area is 145 Å². The third kappa shape index (κ3) is 1.79. The highest BCUT2D eigenvalue weighted by atomic mass is 17.5. The third-order valence-corrected chi connectivity index (χ3v) is 9.69. The van der Waals surface area contributed by atoms with E-state index in [0.29, 0.717) is 11.5 Å². The van der Waals surface area contributed by atoms with E-state index in [9.17, 15) is 0 Å². The Hall–Kier alpha value is -0.160. The minimum atomic E-state index is -0.0232. The first-order chi connectivity index (χ1) is 11.4. The number of hydrogen-bond donors (Lipinski definition) is 1. The van der Waals surface area contributed by atoms with E-state index in [1.165, 1.54) is 32.1 Å². The van der Waals surface area contributed by atoms with Crippen LogP contribution in [0.1, 0.15) is 72.1 Å². The second-order valence-electron chi connectivity index (χ2n) is 10.1.